The molecule has 1 heterocycles. The van der Waals surface area contributed by atoms with E-state index >= 15 is 0 Å². The third kappa shape index (κ3) is 2.15. The SMILES string of the molecule is Cc1cccc(NC(=O)C2(c3c(C)[nH]c4ccccc34)CC2)c1C. The number of hydrogen-bond acceptors (Lipinski definition) is 1. The lowest BCUT2D eigenvalue weighted by atomic mass is 9.91. The van der Waals surface area contributed by atoms with Gasteiger partial charge in [-0.25, -0.2) is 0 Å². The Hall–Kier alpha value is -2.55. The molecule has 3 heteroatoms. The number of aromatic nitrogens is 1. The van der Waals surface area contributed by atoms with Gasteiger partial charge in [0.1, 0.15) is 0 Å². The monoisotopic (exact) mass is 318 g/mol. The predicted molar refractivity (Wildman–Crippen MR) is 98.5 cm³/mol. The number of carbonyl (C=O) groups excluding carboxylic acids is 1. The average Bonchev–Trinajstić information content (AvgIpc) is 3.29. The first-order valence-corrected chi connectivity index (χ1v) is 8.48. The van der Waals surface area contributed by atoms with Gasteiger partial charge < -0.3 is 10.3 Å². The average molecular weight is 318 g/mol. The number of benzene rings is 2. The lowest BCUT2D eigenvalue weighted by molar-refractivity contribution is -0.118. The van der Waals surface area contributed by atoms with E-state index in [-0.39, 0.29) is 11.3 Å². The summed E-state index contributed by atoms with van der Waals surface area (Å²) in [6.07, 6.45) is 1.82. The first-order valence-electron chi connectivity index (χ1n) is 8.48. The first kappa shape index (κ1) is 15.0. The maximum atomic E-state index is 13.1. The number of nitrogens with one attached hydrogen (secondary N) is 2. The highest BCUT2D eigenvalue weighted by molar-refractivity contribution is 6.05. The molecule has 122 valence electrons. The Morgan fingerprint density at radius 3 is 2.54 bits per heavy atom. The van der Waals surface area contributed by atoms with Crippen LogP contribution in [0.15, 0.2) is 42.5 Å². The largest absolute Gasteiger partial charge is 0.358 e. The summed E-state index contributed by atoms with van der Waals surface area (Å²) in [6, 6.07) is 14.3. The molecule has 2 aromatic carbocycles. The molecule has 3 nitrogen and oxygen atoms in total. The Labute approximate surface area is 142 Å². The number of aromatic amines is 1. The Bertz CT molecular complexity index is 948. The summed E-state index contributed by atoms with van der Waals surface area (Å²) in [4.78, 5) is 16.6. The second-order valence-corrected chi connectivity index (χ2v) is 6.95. The van der Waals surface area contributed by atoms with E-state index in [1.165, 1.54) is 16.5 Å². The number of hydrogen-bond donors (Lipinski definition) is 2. The maximum absolute atomic E-state index is 13.1. The second kappa shape index (κ2) is 5.23. The zero-order valence-electron chi connectivity index (χ0n) is 14.4. The van der Waals surface area contributed by atoms with Crippen LogP contribution >= 0.6 is 0 Å². The smallest absolute Gasteiger partial charge is 0.235 e. The topological polar surface area (TPSA) is 44.9 Å². The van der Waals surface area contributed by atoms with Crippen molar-refractivity contribution in [2.45, 2.75) is 39.0 Å². The van der Waals surface area contributed by atoms with Crippen molar-refractivity contribution in [3.8, 4) is 0 Å². The van der Waals surface area contributed by atoms with Gasteiger partial charge in [0.2, 0.25) is 5.91 Å². The van der Waals surface area contributed by atoms with E-state index in [1.54, 1.807) is 0 Å². The van der Waals surface area contributed by atoms with Crippen LogP contribution in [0.3, 0.4) is 0 Å². The zero-order chi connectivity index (χ0) is 16.9. The molecule has 0 saturated heterocycles. The van der Waals surface area contributed by atoms with Crippen molar-refractivity contribution in [2.75, 3.05) is 5.32 Å². The summed E-state index contributed by atoms with van der Waals surface area (Å²) in [7, 11) is 0. The van der Waals surface area contributed by atoms with Crippen LogP contribution in [-0.2, 0) is 10.2 Å². The summed E-state index contributed by atoms with van der Waals surface area (Å²) >= 11 is 0. The van der Waals surface area contributed by atoms with E-state index in [0.29, 0.717) is 0 Å². The molecule has 0 atom stereocenters. The summed E-state index contributed by atoms with van der Waals surface area (Å²) in [5.74, 6) is 0.115. The van der Waals surface area contributed by atoms with Gasteiger partial charge in [-0.1, -0.05) is 30.3 Å². The van der Waals surface area contributed by atoms with Gasteiger partial charge in [0.25, 0.3) is 0 Å². The quantitative estimate of drug-likeness (QED) is 0.718. The Balaban J connectivity index is 1.74. The van der Waals surface area contributed by atoms with E-state index < -0.39 is 0 Å². The molecular formula is C21H22N2O. The lowest BCUT2D eigenvalue weighted by Crippen LogP contribution is -2.28. The third-order valence-electron chi connectivity index (χ3n) is 5.41. The van der Waals surface area contributed by atoms with Gasteiger partial charge in [-0.2, -0.15) is 0 Å². The number of amides is 1. The predicted octanol–water partition coefficient (Wildman–Crippen LogP) is 4.76. The highest BCUT2D eigenvalue weighted by atomic mass is 16.2. The number of anilines is 1. The van der Waals surface area contributed by atoms with Gasteiger partial charge >= 0.3 is 0 Å². The van der Waals surface area contributed by atoms with Crippen molar-refractivity contribution < 1.29 is 4.79 Å². The van der Waals surface area contributed by atoms with E-state index in [4.69, 9.17) is 0 Å². The minimum Gasteiger partial charge on any atom is -0.358 e. The molecule has 1 fully saturated rings. The van der Waals surface area contributed by atoms with E-state index in [2.05, 4.69) is 49.3 Å². The summed E-state index contributed by atoms with van der Waals surface area (Å²) in [6.45, 7) is 6.20. The van der Waals surface area contributed by atoms with Crippen LogP contribution in [0.2, 0.25) is 0 Å². The molecule has 1 aliphatic carbocycles. The lowest BCUT2D eigenvalue weighted by Gasteiger charge is -2.18. The van der Waals surface area contributed by atoms with Crippen LogP contribution in [0.1, 0.15) is 35.2 Å². The summed E-state index contributed by atoms with van der Waals surface area (Å²) < 4.78 is 0. The number of H-pyrrole nitrogens is 1. The molecule has 2 N–H and O–H groups in total. The number of aryl methyl sites for hydroxylation is 2. The molecule has 0 bridgehead atoms. The van der Waals surface area contributed by atoms with Gasteiger partial charge in [-0.05, 0) is 62.4 Å². The molecule has 0 aliphatic heterocycles. The van der Waals surface area contributed by atoms with E-state index in [9.17, 15) is 4.79 Å². The van der Waals surface area contributed by atoms with Crippen molar-refractivity contribution in [3.63, 3.8) is 0 Å². The Kier molecular flexibility index (Phi) is 3.27. The van der Waals surface area contributed by atoms with Crippen LogP contribution < -0.4 is 5.32 Å². The summed E-state index contributed by atoms with van der Waals surface area (Å²) in [5.41, 5.74) is 6.24. The normalized spacial score (nSPS) is 15.5. The van der Waals surface area contributed by atoms with Gasteiger partial charge in [-0.15, -0.1) is 0 Å². The minimum atomic E-state index is -0.389. The van der Waals surface area contributed by atoms with Crippen LogP contribution in [0.5, 0.6) is 0 Å². The molecule has 24 heavy (non-hydrogen) atoms. The highest BCUT2D eigenvalue weighted by Gasteiger charge is 2.53. The molecule has 0 radical (unpaired) electrons. The van der Waals surface area contributed by atoms with Crippen molar-refractivity contribution in [3.05, 3.63) is 64.8 Å². The molecule has 1 aromatic heterocycles. The summed E-state index contributed by atoms with van der Waals surface area (Å²) in [5, 5.41) is 4.35. The first-order chi connectivity index (χ1) is 11.5. The van der Waals surface area contributed by atoms with Gasteiger partial charge in [0.05, 0.1) is 5.41 Å². The molecule has 0 spiro atoms. The molecule has 3 aromatic rings. The fourth-order valence-electron chi connectivity index (χ4n) is 3.74. The van der Waals surface area contributed by atoms with E-state index in [1.807, 2.05) is 24.3 Å². The fraction of sp³-hybridized carbons (Fsp3) is 0.286. The second-order valence-electron chi connectivity index (χ2n) is 6.95. The van der Waals surface area contributed by atoms with Crippen molar-refractivity contribution in [2.24, 2.45) is 0 Å². The number of para-hydroxylation sites is 1. The Morgan fingerprint density at radius 2 is 1.79 bits per heavy atom. The molecule has 1 aliphatic rings. The molecule has 4 rings (SSSR count). The highest BCUT2D eigenvalue weighted by Crippen LogP contribution is 2.52. The van der Waals surface area contributed by atoms with Crippen LogP contribution in [0.4, 0.5) is 5.69 Å². The van der Waals surface area contributed by atoms with Gasteiger partial charge in [0, 0.05) is 22.3 Å². The van der Waals surface area contributed by atoms with Crippen molar-refractivity contribution in [1.29, 1.82) is 0 Å². The third-order valence-corrected chi connectivity index (χ3v) is 5.41. The van der Waals surface area contributed by atoms with Crippen molar-refractivity contribution in [1.82, 2.24) is 4.98 Å². The molecule has 1 amide bonds. The van der Waals surface area contributed by atoms with Crippen molar-refractivity contribution >= 4 is 22.5 Å². The molecule has 0 unspecified atom stereocenters. The molecule has 1 saturated carbocycles. The number of fused-ring (bicyclic) bond motifs is 1. The zero-order valence-corrected chi connectivity index (χ0v) is 14.4. The number of carbonyl (C=O) groups is 1. The van der Waals surface area contributed by atoms with Crippen LogP contribution in [0.25, 0.3) is 10.9 Å². The van der Waals surface area contributed by atoms with E-state index in [0.717, 1.165) is 35.3 Å². The van der Waals surface area contributed by atoms with Crippen LogP contribution in [-0.4, -0.2) is 10.9 Å². The standard InChI is InChI=1S/C21H22N2O/c1-13-7-6-10-17(14(13)2)23-20(24)21(11-12-21)19-15(3)22-18-9-5-4-8-16(18)19/h4-10,22H,11-12H2,1-3H3,(H,23,24). The number of rotatable bonds is 3. The Morgan fingerprint density at radius 1 is 1.04 bits per heavy atom. The molecular weight excluding hydrogens is 296 g/mol. The van der Waals surface area contributed by atoms with Gasteiger partial charge in [-0.3, -0.25) is 4.79 Å². The fourth-order valence-corrected chi connectivity index (χ4v) is 3.74. The van der Waals surface area contributed by atoms with Gasteiger partial charge in [0.15, 0.2) is 0 Å². The minimum absolute atomic E-state index is 0.115. The maximum Gasteiger partial charge on any atom is 0.235 e. The van der Waals surface area contributed by atoms with Crippen LogP contribution in [0, 0.1) is 20.8 Å².